The van der Waals surface area contributed by atoms with Gasteiger partial charge in [-0.25, -0.2) is 0 Å². The molecule has 0 aromatic heterocycles. The van der Waals surface area contributed by atoms with E-state index in [9.17, 15) is 0 Å². The van der Waals surface area contributed by atoms with Crippen LogP contribution >= 0.6 is 11.8 Å². The molecule has 0 radical (unpaired) electrons. The van der Waals surface area contributed by atoms with E-state index in [4.69, 9.17) is 0 Å². The second kappa shape index (κ2) is 17.4. The molecule has 53 heavy (non-hydrogen) atoms. The van der Waals surface area contributed by atoms with E-state index in [0.717, 1.165) is 38.5 Å². The van der Waals surface area contributed by atoms with Crippen molar-refractivity contribution in [2.45, 2.75) is 45.4 Å². The highest BCUT2D eigenvalue weighted by atomic mass is 32.2. The van der Waals surface area contributed by atoms with Gasteiger partial charge in [0.15, 0.2) is 0 Å². The summed E-state index contributed by atoms with van der Waals surface area (Å²) in [5.41, 5.74) is 16.0. The SMILES string of the molecule is C=CC1=C(C2=c3ccccc3=CC=CC2)c2ccccc2CC(Cc2cccc3c2C=CC=CC3)=C1/C=C(/C=C/C=C(\SC)C1=CC=CC=CC1)CC. The van der Waals surface area contributed by atoms with Gasteiger partial charge in [0.1, 0.15) is 0 Å². The summed E-state index contributed by atoms with van der Waals surface area (Å²) in [6, 6.07) is 24.8. The molecule has 7 rings (SSSR count). The number of fused-ring (bicyclic) bond motifs is 3. The summed E-state index contributed by atoms with van der Waals surface area (Å²) in [6.07, 6.45) is 45.6. The standard InChI is InChI=1S/C52H48S/c1-4-38(21-19-34-51(53-3)41-25-9-6-7-10-26-41)35-50-44(36-42-29-20-28-39-22-11-8-12-30-46(39)42)37-43-27-15-17-32-48(43)52(45(50)5-2)49-33-18-14-24-40-23-13-16-31-47(40)49/h5-21,23-25,27-32,34-35H,2,4,22,26,33,36-37H2,1,3H3/b21-19+,38-35+,51-34-. The monoisotopic (exact) mass is 704 g/mol. The summed E-state index contributed by atoms with van der Waals surface area (Å²) < 4.78 is 0. The molecule has 0 heterocycles. The zero-order chi connectivity index (χ0) is 36.4. The highest BCUT2D eigenvalue weighted by Gasteiger charge is 2.25. The van der Waals surface area contributed by atoms with Gasteiger partial charge in [-0.05, 0) is 123 Å². The molecule has 0 N–H and O–H groups in total. The fraction of sp³-hybridized carbons (Fsp3) is 0.154. The van der Waals surface area contributed by atoms with Crippen molar-refractivity contribution in [3.63, 3.8) is 0 Å². The van der Waals surface area contributed by atoms with Crippen LogP contribution in [0, 0.1) is 0 Å². The number of hydrogen-bond acceptors (Lipinski definition) is 1. The van der Waals surface area contributed by atoms with Crippen LogP contribution in [0.1, 0.15) is 54.0 Å². The molecule has 0 unspecified atom stereocenters. The quantitative estimate of drug-likeness (QED) is 0.189. The van der Waals surface area contributed by atoms with Gasteiger partial charge in [-0.2, -0.15) is 0 Å². The molecule has 0 amide bonds. The zero-order valence-electron chi connectivity index (χ0n) is 31.0. The topological polar surface area (TPSA) is 0 Å². The van der Waals surface area contributed by atoms with E-state index in [0.29, 0.717) is 0 Å². The Morgan fingerprint density at radius 3 is 2.47 bits per heavy atom. The van der Waals surface area contributed by atoms with Crippen molar-refractivity contribution < 1.29 is 0 Å². The second-order valence-electron chi connectivity index (χ2n) is 13.7. The highest BCUT2D eigenvalue weighted by Crippen LogP contribution is 2.42. The minimum atomic E-state index is 0.855. The van der Waals surface area contributed by atoms with Crippen LogP contribution < -0.4 is 10.4 Å². The Morgan fingerprint density at radius 2 is 1.58 bits per heavy atom. The smallest absolute Gasteiger partial charge is 0.0104 e. The molecule has 1 heteroatoms. The predicted octanol–water partition coefficient (Wildman–Crippen LogP) is 12.0. The second-order valence-corrected chi connectivity index (χ2v) is 14.6. The zero-order valence-corrected chi connectivity index (χ0v) is 31.8. The first-order valence-corrected chi connectivity index (χ1v) is 20.1. The van der Waals surface area contributed by atoms with E-state index in [1.54, 1.807) is 0 Å². The Bertz CT molecular complexity index is 2380. The lowest BCUT2D eigenvalue weighted by Gasteiger charge is -2.19. The summed E-state index contributed by atoms with van der Waals surface area (Å²) in [5.74, 6) is 0. The Kier molecular flexibility index (Phi) is 11.8. The number of rotatable bonds is 10. The summed E-state index contributed by atoms with van der Waals surface area (Å²) in [4.78, 5) is 1.30. The van der Waals surface area contributed by atoms with Crippen LogP contribution in [0.25, 0.3) is 23.3 Å². The molecule has 4 aliphatic carbocycles. The van der Waals surface area contributed by atoms with Crippen molar-refractivity contribution >= 4 is 35.1 Å². The average Bonchev–Trinajstić information content (AvgIpc) is 3.73. The molecule has 3 aromatic rings. The van der Waals surface area contributed by atoms with Gasteiger partial charge >= 0.3 is 0 Å². The van der Waals surface area contributed by atoms with E-state index >= 15 is 0 Å². The molecule has 0 nitrogen and oxygen atoms in total. The van der Waals surface area contributed by atoms with Gasteiger partial charge in [-0.15, -0.1) is 11.8 Å². The van der Waals surface area contributed by atoms with Crippen LogP contribution in [0.15, 0.2) is 197 Å². The van der Waals surface area contributed by atoms with E-state index in [2.05, 4.69) is 190 Å². The molecule has 0 spiro atoms. The van der Waals surface area contributed by atoms with Crippen LogP contribution in [0.5, 0.6) is 0 Å². The first kappa shape index (κ1) is 36.0. The molecule has 0 bridgehead atoms. The lowest BCUT2D eigenvalue weighted by atomic mass is 9.85. The van der Waals surface area contributed by atoms with Crippen LogP contribution in [0.3, 0.4) is 0 Å². The van der Waals surface area contributed by atoms with E-state index in [1.165, 1.54) is 82.2 Å². The van der Waals surface area contributed by atoms with E-state index in [-0.39, 0.29) is 0 Å². The fourth-order valence-electron chi connectivity index (χ4n) is 7.86. The maximum Gasteiger partial charge on any atom is 0.0104 e. The predicted molar refractivity (Wildman–Crippen MR) is 234 cm³/mol. The number of thioether (sulfide) groups is 1. The molecular formula is C52H48S. The van der Waals surface area contributed by atoms with Crippen molar-refractivity contribution in [1.29, 1.82) is 0 Å². The third-order valence-electron chi connectivity index (χ3n) is 10.5. The lowest BCUT2D eigenvalue weighted by molar-refractivity contribution is 1.01. The molecular weight excluding hydrogens is 657 g/mol. The van der Waals surface area contributed by atoms with Gasteiger partial charge < -0.3 is 0 Å². The molecule has 0 saturated carbocycles. The van der Waals surface area contributed by atoms with Crippen molar-refractivity contribution in [3.05, 3.63) is 235 Å². The van der Waals surface area contributed by atoms with Gasteiger partial charge in [-0.3, -0.25) is 0 Å². The van der Waals surface area contributed by atoms with Crippen molar-refractivity contribution in [2.24, 2.45) is 0 Å². The average molecular weight is 705 g/mol. The first-order valence-electron chi connectivity index (χ1n) is 18.9. The normalized spacial score (nSPS) is 17.1. The Hall–Kier alpha value is -5.37. The van der Waals surface area contributed by atoms with Crippen molar-refractivity contribution in [1.82, 2.24) is 0 Å². The number of hydrogen-bond donors (Lipinski definition) is 0. The third-order valence-corrected chi connectivity index (χ3v) is 11.4. The number of benzene rings is 3. The minimum Gasteiger partial charge on any atom is -0.129 e. The largest absolute Gasteiger partial charge is 0.129 e. The molecule has 3 aromatic carbocycles. The molecule has 262 valence electrons. The molecule has 4 aliphatic rings. The summed E-state index contributed by atoms with van der Waals surface area (Å²) in [6.45, 7) is 6.83. The van der Waals surface area contributed by atoms with Gasteiger partial charge in [0.25, 0.3) is 0 Å². The third kappa shape index (κ3) is 8.17. The van der Waals surface area contributed by atoms with Crippen LogP contribution in [0.4, 0.5) is 0 Å². The molecule has 0 aliphatic heterocycles. The highest BCUT2D eigenvalue weighted by molar-refractivity contribution is 8.02. The lowest BCUT2D eigenvalue weighted by Crippen LogP contribution is -2.26. The van der Waals surface area contributed by atoms with Crippen LogP contribution in [-0.4, -0.2) is 6.26 Å². The molecule has 0 atom stereocenters. The Morgan fingerprint density at radius 1 is 0.774 bits per heavy atom. The van der Waals surface area contributed by atoms with Crippen LogP contribution in [0.2, 0.25) is 0 Å². The van der Waals surface area contributed by atoms with E-state index in [1.807, 2.05) is 11.8 Å². The molecule has 0 fully saturated rings. The van der Waals surface area contributed by atoms with Gasteiger partial charge in [0.05, 0.1) is 0 Å². The van der Waals surface area contributed by atoms with Crippen LogP contribution in [-0.2, 0) is 19.3 Å². The fourth-order valence-corrected chi connectivity index (χ4v) is 8.48. The molecule has 0 saturated heterocycles. The maximum absolute atomic E-state index is 4.56. The van der Waals surface area contributed by atoms with Crippen molar-refractivity contribution in [3.8, 4) is 0 Å². The summed E-state index contributed by atoms with van der Waals surface area (Å²) >= 11 is 1.81. The summed E-state index contributed by atoms with van der Waals surface area (Å²) in [7, 11) is 0. The van der Waals surface area contributed by atoms with Gasteiger partial charge in [0, 0.05) is 4.91 Å². The van der Waals surface area contributed by atoms with Crippen molar-refractivity contribution in [2.75, 3.05) is 6.26 Å². The van der Waals surface area contributed by atoms with Gasteiger partial charge in [0.2, 0.25) is 0 Å². The van der Waals surface area contributed by atoms with Gasteiger partial charge in [-0.1, -0.05) is 183 Å². The summed E-state index contributed by atoms with van der Waals surface area (Å²) in [5, 5.41) is 2.55. The Balaban J connectivity index is 1.46. The minimum absolute atomic E-state index is 0.855. The maximum atomic E-state index is 4.56. The Labute approximate surface area is 320 Å². The first-order chi connectivity index (χ1) is 26.2. The van der Waals surface area contributed by atoms with E-state index < -0.39 is 0 Å². The number of allylic oxidation sites excluding steroid dienone is 21.